The molecule has 0 bridgehead atoms. The van der Waals surface area contributed by atoms with Crippen LogP contribution in [0.15, 0.2) is 36.7 Å². The number of hydrogen-bond acceptors (Lipinski definition) is 4. The minimum absolute atomic E-state index is 0.0373. The zero-order chi connectivity index (χ0) is 17.3. The van der Waals surface area contributed by atoms with Gasteiger partial charge in [0.05, 0.1) is 18.0 Å². The first-order valence-electron chi connectivity index (χ1n) is 7.72. The van der Waals surface area contributed by atoms with Gasteiger partial charge in [-0.3, -0.25) is 9.48 Å². The fourth-order valence-electron chi connectivity index (χ4n) is 3.11. The minimum Gasteiger partial charge on any atom is -0.331 e. The SMILES string of the molecule is Cn1cc([C@@H]2CCCN2C(=O)c2ccc(CS(N)(=O)=O)cc2)cn1. The number of amides is 1. The summed E-state index contributed by atoms with van der Waals surface area (Å²) >= 11 is 0. The molecule has 0 radical (unpaired) electrons. The van der Waals surface area contributed by atoms with Gasteiger partial charge < -0.3 is 4.90 Å². The molecular formula is C16H20N4O3S. The maximum absolute atomic E-state index is 12.8. The molecule has 0 saturated carbocycles. The smallest absolute Gasteiger partial charge is 0.254 e. The molecule has 2 N–H and O–H groups in total. The van der Waals surface area contributed by atoms with Gasteiger partial charge in [0.1, 0.15) is 0 Å². The molecule has 3 rings (SSSR count). The molecule has 1 amide bonds. The molecule has 24 heavy (non-hydrogen) atoms. The van der Waals surface area contributed by atoms with Gasteiger partial charge in [-0.25, -0.2) is 13.6 Å². The Hall–Kier alpha value is -2.19. The summed E-state index contributed by atoms with van der Waals surface area (Å²) in [6.07, 6.45) is 5.60. The zero-order valence-electron chi connectivity index (χ0n) is 13.4. The van der Waals surface area contributed by atoms with Gasteiger partial charge in [0.15, 0.2) is 0 Å². The lowest BCUT2D eigenvalue weighted by molar-refractivity contribution is 0.0735. The van der Waals surface area contributed by atoms with Gasteiger partial charge in [-0.05, 0) is 30.5 Å². The van der Waals surface area contributed by atoms with E-state index in [1.165, 1.54) is 0 Å². The number of nitrogens with zero attached hydrogens (tertiary/aromatic N) is 3. The van der Waals surface area contributed by atoms with Crippen molar-refractivity contribution in [3.05, 3.63) is 53.3 Å². The van der Waals surface area contributed by atoms with Gasteiger partial charge in [-0.15, -0.1) is 0 Å². The van der Waals surface area contributed by atoms with Crippen LogP contribution in [0.3, 0.4) is 0 Å². The highest BCUT2D eigenvalue weighted by Gasteiger charge is 2.31. The molecule has 1 atom stereocenters. The number of likely N-dealkylation sites (tertiary alicyclic amines) is 1. The van der Waals surface area contributed by atoms with Crippen LogP contribution in [0.25, 0.3) is 0 Å². The standard InChI is InChI=1S/C16H20N4O3S/c1-19-10-14(9-18-19)15-3-2-8-20(15)16(21)13-6-4-12(5-7-13)11-24(17,22)23/h4-7,9-10,15H,2-3,8,11H2,1H3,(H2,17,22,23)/t15-/m0/s1. The molecule has 8 heteroatoms. The Morgan fingerprint density at radius 2 is 2.04 bits per heavy atom. The van der Waals surface area contributed by atoms with Crippen LogP contribution in [-0.4, -0.2) is 35.6 Å². The highest BCUT2D eigenvalue weighted by Crippen LogP contribution is 2.32. The fraction of sp³-hybridized carbons (Fsp3) is 0.375. The van der Waals surface area contributed by atoms with E-state index in [0.717, 1.165) is 18.4 Å². The van der Waals surface area contributed by atoms with Crippen molar-refractivity contribution in [2.75, 3.05) is 6.54 Å². The van der Waals surface area contributed by atoms with Crippen molar-refractivity contribution >= 4 is 15.9 Å². The molecule has 1 saturated heterocycles. The van der Waals surface area contributed by atoms with Crippen molar-refractivity contribution in [1.29, 1.82) is 0 Å². The molecule has 0 aliphatic carbocycles. The summed E-state index contributed by atoms with van der Waals surface area (Å²) in [6.45, 7) is 0.706. The summed E-state index contributed by atoms with van der Waals surface area (Å²) in [6, 6.07) is 6.61. The lowest BCUT2D eigenvalue weighted by atomic mass is 10.1. The van der Waals surface area contributed by atoms with Crippen molar-refractivity contribution in [2.24, 2.45) is 12.2 Å². The highest BCUT2D eigenvalue weighted by molar-refractivity contribution is 7.88. The van der Waals surface area contributed by atoms with Crippen molar-refractivity contribution in [3.63, 3.8) is 0 Å². The Labute approximate surface area is 141 Å². The average molecular weight is 348 g/mol. The van der Waals surface area contributed by atoms with Crippen molar-refractivity contribution in [2.45, 2.75) is 24.6 Å². The molecule has 2 heterocycles. The molecule has 1 aromatic heterocycles. The molecule has 2 aromatic rings. The van der Waals surface area contributed by atoms with Crippen LogP contribution in [-0.2, 0) is 22.8 Å². The third kappa shape index (κ3) is 3.65. The van der Waals surface area contributed by atoms with Gasteiger partial charge >= 0.3 is 0 Å². The number of hydrogen-bond donors (Lipinski definition) is 1. The maximum Gasteiger partial charge on any atom is 0.254 e. The maximum atomic E-state index is 12.8. The second-order valence-electron chi connectivity index (χ2n) is 6.11. The van der Waals surface area contributed by atoms with Crippen LogP contribution in [0.1, 0.15) is 40.4 Å². The average Bonchev–Trinajstić information content (AvgIpc) is 3.14. The summed E-state index contributed by atoms with van der Waals surface area (Å²) in [5.41, 5.74) is 2.15. The van der Waals surface area contributed by atoms with Gasteiger partial charge in [-0.2, -0.15) is 5.10 Å². The van der Waals surface area contributed by atoms with Crippen LogP contribution >= 0.6 is 0 Å². The number of sulfonamides is 1. The number of carbonyl (C=O) groups is 1. The number of nitrogens with two attached hydrogens (primary N) is 1. The van der Waals surface area contributed by atoms with Crippen molar-refractivity contribution in [3.8, 4) is 0 Å². The Morgan fingerprint density at radius 1 is 1.33 bits per heavy atom. The second-order valence-corrected chi connectivity index (χ2v) is 7.72. The molecule has 0 unspecified atom stereocenters. The van der Waals surface area contributed by atoms with Gasteiger partial charge in [0, 0.05) is 30.9 Å². The van der Waals surface area contributed by atoms with E-state index in [4.69, 9.17) is 5.14 Å². The van der Waals surface area contributed by atoms with Crippen LogP contribution in [0.5, 0.6) is 0 Å². The topological polar surface area (TPSA) is 98.3 Å². The Kier molecular flexibility index (Phi) is 4.42. The lowest BCUT2D eigenvalue weighted by Gasteiger charge is -2.24. The van der Waals surface area contributed by atoms with Gasteiger partial charge in [0.25, 0.3) is 5.91 Å². The predicted octanol–water partition coefficient (Wildman–Crippen LogP) is 1.19. The summed E-state index contributed by atoms with van der Waals surface area (Å²) < 4.78 is 24.0. The third-order valence-electron chi connectivity index (χ3n) is 4.19. The monoisotopic (exact) mass is 348 g/mol. The molecule has 7 nitrogen and oxygen atoms in total. The second kappa shape index (κ2) is 6.37. The largest absolute Gasteiger partial charge is 0.331 e. The predicted molar refractivity (Wildman–Crippen MR) is 89.5 cm³/mol. The van der Waals surface area contributed by atoms with E-state index in [0.29, 0.717) is 17.7 Å². The first-order chi connectivity index (χ1) is 11.3. The molecular weight excluding hydrogens is 328 g/mol. The molecule has 0 spiro atoms. The molecule has 1 aromatic carbocycles. The highest BCUT2D eigenvalue weighted by atomic mass is 32.2. The normalized spacial score (nSPS) is 18.1. The Morgan fingerprint density at radius 3 is 2.62 bits per heavy atom. The van der Waals surface area contributed by atoms with Crippen LogP contribution in [0.4, 0.5) is 0 Å². The lowest BCUT2D eigenvalue weighted by Crippen LogP contribution is -2.30. The van der Waals surface area contributed by atoms with E-state index in [9.17, 15) is 13.2 Å². The van der Waals surface area contributed by atoms with Crippen molar-refractivity contribution in [1.82, 2.24) is 14.7 Å². The van der Waals surface area contributed by atoms with Gasteiger partial charge in [-0.1, -0.05) is 12.1 Å². The van der Waals surface area contributed by atoms with Crippen molar-refractivity contribution < 1.29 is 13.2 Å². The fourth-order valence-corrected chi connectivity index (χ4v) is 3.77. The number of rotatable bonds is 4. The third-order valence-corrected chi connectivity index (χ3v) is 4.93. The van der Waals surface area contributed by atoms with E-state index in [1.807, 2.05) is 18.1 Å². The van der Waals surface area contributed by atoms with E-state index in [-0.39, 0.29) is 17.7 Å². The number of benzene rings is 1. The van der Waals surface area contributed by atoms with Crippen LogP contribution in [0, 0.1) is 0 Å². The molecule has 1 aliphatic rings. The van der Waals surface area contributed by atoms with E-state index in [2.05, 4.69) is 5.10 Å². The number of carbonyl (C=O) groups excluding carboxylic acids is 1. The summed E-state index contributed by atoms with van der Waals surface area (Å²) in [5, 5.41) is 9.22. The molecule has 128 valence electrons. The molecule has 1 fully saturated rings. The van der Waals surface area contributed by atoms with Crippen LogP contribution < -0.4 is 5.14 Å². The van der Waals surface area contributed by atoms with E-state index < -0.39 is 10.0 Å². The number of aromatic nitrogens is 2. The van der Waals surface area contributed by atoms with Crippen LogP contribution in [0.2, 0.25) is 0 Å². The minimum atomic E-state index is -3.57. The number of aryl methyl sites for hydroxylation is 1. The Bertz CT molecular complexity index is 842. The van der Waals surface area contributed by atoms with E-state index in [1.54, 1.807) is 35.1 Å². The number of primary sulfonamides is 1. The zero-order valence-corrected chi connectivity index (χ0v) is 14.2. The quantitative estimate of drug-likeness (QED) is 0.897. The summed E-state index contributed by atoms with van der Waals surface area (Å²) in [5.74, 6) is -0.285. The van der Waals surface area contributed by atoms with Gasteiger partial charge in [0.2, 0.25) is 10.0 Å². The first-order valence-corrected chi connectivity index (χ1v) is 9.44. The Balaban J connectivity index is 1.78. The summed E-state index contributed by atoms with van der Waals surface area (Å²) in [7, 11) is -1.72. The molecule has 1 aliphatic heterocycles. The summed E-state index contributed by atoms with van der Waals surface area (Å²) in [4.78, 5) is 14.6. The first kappa shape index (κ1) is 16.7. The van der Waals surface area contributed by atoms with E-state index >= 15 is 0 Å².